The summed E-state index contributed by atoms with van der Waals surface area (Å²) in [6.45, 7) is 1.95. The van der Waals surface area contributed by atoms with Crippen LogP contribution < -0.4 is 5.32 Å². The van der Waals surface area contributed by atoms with Gasteiger partial charge in [0.25, 0.3) is 5.91 Å². The van der Waals surface area contributed by atoms with Crippen LogP contribution in [-0.4, -0.2) is 16.1 Å². The van der Waals surface area contributed by atoms with Crippen LogP contribution >= 0.6 is 0 Å². The van der Waals surface area contributed by atoms with Crippen molar-refractivity contribution in [3.8, 4) is 11.3 Å². The van der Waals surface area contributed by atoms with Crippen molar-refractivity contribution in [1.82, 2.24) is 10.2 Å². The number of carbonyl (C=O) groups excluding carboxylic acids is 1. The smallest absolute Gasteiger partial charge is 0.319 e. The summed E-state index contributed by atoms with van der Waals surface area (Å²) in [6, 6.07) is 9.70. The number of rotatable bonds is 5. The van der Waals surface area contributed by atoms with E-state index < -0.39 is 23.5 Å². The van der Waals surface area contributed by atoms with Crippen LogP contribution in [-0.2, 0) is 12.6 Å². The monoisotopic (exact) mass is 391 g/mol. The van der Waals surface area contributed by atoms with E-state index in [-0.39, 0.29) is 5.56 Å². The second-order valence-electron chi connectivity index (χ2n) is 6.22. The Morgan fingerprint density at radius 1 is 1.14 bits per heavy atom. The minimum Gasteiger partial charge on any atom is -0.319 e. The first-order valence-corrected chi connectivity index (χ1v) is 8.61. The molecule has 0 atom stereocenters. The molecule has 0 aliphatic carbocycles. The number of halogens is 4. The first kappa shape index (κ1) is 19.6. The van der Waals surface area contributed by atoms with Gasteiger partial charge in [-0.2, -0.15) is 18.3 Å². The Bertz CT molecular complexity index is 978. The molecule has 0 aliphatic heterocycles. The molecule has 28 heavy (non-hydrogen) atoms. The fourth-order valence-corrected chi connectivity index (χ4v) is 2.78. The highest BCUT2D eigenvalue weighted by atomic mass is 19.4. The van der Waals surface area contributed by atoms with Crippen LogP contribution in [0.5, 0.6) is 0 Å². The van der Waals surface area contributed by atoms with Gasteiger partial charge >= 0.3 is 6.18 Å². The van der Waals surface area contributed by atoms with Crippen molar-refractivity contribution in [3.63, 3.8) is 0 Å². The zero-order chi connectivity index (χ0) is 20.3. The Hall–Kier alpha value is -3.16. The fraction of sp³-hybridized carbons (Fsp3) is 0.200. The molecule has 0 saturated heterocycles. The Labute approximate surface area is 158 Å². The molecular formula is C20H17F4N3O. The predicted molar refractivity (Wildman–Crippen MR) is 97.4 cm³/mol. The Morgan fingerprint density at radius 2 is 1.86 bits per heavy atom. The topological polar surface area (TPSA) is 57.8 Å². The summed E-state index contributed by atoms with van der Waals surface area (Å²) >= 11 is 0. The maximum Gasteiger partial charge on any atom is 0.416 e. The van der Waals surface area contributed by atoms with Crippen molar-refractivity contribution < 1.29 is 22.4 Å². The quantitative estimate of drug-likeness (QED) is 0.569. The number of H-pyrrole nitrogens is 1. The molecule has 0 unspecified atom stereocenters. The number of carbonyl (C=O) groups is 1. The average Bonchev–Trinajstić information content (AvgIpc) is 3.04. The van der Waals surface area contributed by atoms with E-state index in [1.807, 2.05) is 6.92 Å². The zero-order valence-corrected chi connectivity index (χ0v) is 14.9. The van der Waals surface area contributed by atoms with Crippen molar-refractivity contribution in [3.05, 3.63) is 71.2 Å². The van der Waals surface area contributed by atoms with Crippen LogP contribution in [0, 0.1) is 5.82 Å². The standard InChI is InChI=1S/C20H17F4N3O/c1-2-4-16-18(17(27-26-16)13-5-3-6-15(21)11-13)25-19(28)12-7-9-14(10-8-12)20(22,23)24/h3,5-11H,2,4H2,1H3,(H,25,28)(H,26,27). The van der Waals surface area contributed by atoms with E-state index in [9.17, 15) is 22.4 Å². The van der Waals surface area contributed by atoms with E-state index in [1.54, 1.807) is 6.07 Å². The molecule has 2 aromatic carbocycles. The van der Waals surface area contributed by atoms with Crippen molar-refractivity contribution in [2.24, 2.45) is 0 Å². The Balaban J connectivity index is 1.92. The van der Waals surface area contributed by atoms with E-state index in [1.165, 1.54) is 18.2 Å². The molecule has 0 bridgehead atoms. The van der Waals surface area contributed by atoms with Gasteiger partial charge in [0.2, 0.25) is 0 Å². The average molecular weight is 391 g/mol. The van der Waals surface area contributed by atoms with Gasteiger partial charge in [0.1, 0.15) is 11.5 Å². The SMILES string of the molecule is CCCc1[nH]nc(-c2cccc(F)c2)c1NC(=O)c1ccc(C(F)(F)F)cc1. The third-order valence-corrected chi connectivity index (χ3v) is 4.15. The number of nitrogens with zero attached hydrogens (tertiary/aromatic N) is 1. The van der Waals surface area contributed by atoms with Crippen LogP contribution in [0.3, 0.4) is 0 Å². The van der Waals surface area contributed by atoms with Gasteiger partial charge in [-0.15, -0.1) is 0 Å². The van der Waals surface area contributed by atoms with E-state index in [4.69, 9.17) is 0 Å². The fourth-order valence-electron chi connectivity index (χ4n) is 2.78. The normalized spacial score (nSPS) is 11.5. The van der Waals surface area contributed by atoms with Gasteiger partial charge in [-0.05, 0) is 42.8 Å². The summed E-state index contributed by atoms with van der Waals surface area (Å²) in [7, 11) is 0. The van der Waals surface area contributed by atoms with Crippen LogP contribution in [0.4, 0.5) is 23.2 Å². The number of alkyl halides is 3. The largest absolute Gasteiger partial charge is 0.416 e. The number of nitrogens with one attached hydrogen (secondary N) is 2. The van der Waals surface area contributed by atoms with E-state index in [0.29, 0.717) is 29.1 Å². The summed E-state index contributed by atoms with van der Waals surface area (Å²) in [6.07, 6.45) is -3.11. The molecule has 146 valence electrons. The first-order valence-electron chi connectivity index (χ1n) is 8.61. The second kappa shape index (κ2) is 7.84. The predicted octanol–water partition coefficient (Wildman–Crippen LogP) is 5.44. The molecule has 0 radical (unpaired) electrons. The van der Waals surface area contributed by atoms with Gasteiger partial charge in [-0.3, -0.25) is 9.89 Å². The van der Waals surface area contributed by atoms with E-state index in [2.05, 4.69) is 15.5 Å². The van der Waals surface area contributed by atoms with Crippen molar-refractivity contribution in [2.45, 2.75) is 25.9 Å². The van der Waals surface area contributed by atoms with E-state index >= 15 is 0 Å². The highest BCUT2D eigenvalue weighted by molar-refractivity contribution is 6.06. The molecule has 1 amide bonds. The maximum atomic E-state index is 13.6. The lowest BCUT2D eigenvalue weighted by Gasteiger charge is -2.10. The lowest BCUT2D eigenvalue weighted by Crippen LogP contribution is -2.14. The lowest BCUT2D eigenvalue weighted by molar-refractivity contribution is -0.137. The Morgan fingerprint density at radius 3 is 2.46 bits per heavy atom. The number of hydrogen-bond donors (Lipinski definition) is 2. The van der Waals surface area contributed by atoms with Gasteiger partial charge in [0.05, 0.1) is 16.9 Å². The third-order valence-electron chi connectivity index (χ3n) is 4.15. The summed E-state index contributed by atoms with van der Waals surface area (Å²) in [5.74, 6) is -1.03. The molecule has 1 heterocycles. The molecule has 1 aromatic heterocycles. The minimum absolute atomic E-state index is 0.0711. The third kappa shape index (κ3) is 4.21. The first-order chi connectivity index (χ1) is 13.3. The van der Waals surface area contributed by atoms with Gasteiger partial charge in [-0.25, -0.2) is 4.39 Å². The number of aromatic amines is 1. The van der Waals surface area contributed by atoms with Crippen molar-refractivity contribution >= 4 is 11.6 Å². The number of anilines is 1. The molecule has 0 saturated carbocycles. The van der Waals surface area contributed by atoms with Gasteiger partial charge in [0.15, 0.2) is 0 Å². The highest BCUT2D eigenvalue weighted by Gasteiger charge is 2.30. The van der Waals surface area contributed by atoms with Gasteiger partial charge in [0, 0.05) is 11.1 Å². The Kier molecular flexibility index (Phi) is 5.48. The van der Waals surface area contributed by atoms with Crippen molar-refractivity contribution in [1.29, 1.82) is 0 Å². The van der Waals surface area contributed by atoms with Crippen LogP contribution in [0.15, 0.2) is 48.5 Å². The van der Waals surface area contributed by atoms with Crippen molar-refractivity contribution in [2.75, 3.05) is 5.32 Å². The van der Waals surface area contributed by atoms with Crippen LogP contribution in [0.2, 0.25) is 0 Å². The zero-order valence-electron chi connectivity index (χ0n) is 14.9. The molecule has 0 spiro atoms. The van der Waals surface area contributed by atoms with Gasteiger partial charge in [-0.1, -0.05) is 25.5 Å². The molecule has 2 N–H and O–H groups in total. The lowest BCUT2D eigenvalue weighted by atomic mass is 10.1. The number of aromatic nitrogens is 2. The molecule has 3 rings (SSSR count). The molecule has 8 heteroatoms. The minimum atomic E-state index is -4.47. The van der Waals surface area contributed by atoms with Crippen LogP contribution in [0.1, 0.15) is 35.0 Å². The highest BCUT2D eigenvalue weighted by Crippen LogP contribution is 2.31. The molecule has 0 fully saturated rings. The van der Waals surface area contributed by atoms with Gasteiger partial charge < -0.3 is 5.32 Å². The number of amides is 1. The molecule has 3 aromatic rings. The number of aryl methyl sites for hydroxylation is 1. The molecular weight excluding hydrogens is 374 g/mol. The molecule has 4 nitrogen and oxygen atoms in total. The second-order valence-corrected chi connectivity index (χ2v) is 6.22. The number of benzene rings is 2. The summed E-state index contributed by atoms with van der Waals surface area (Å²) in [5.41, 5.74) is 1.12. The summed E-state index contributed by atoms with van der Waals surface area (Å²) < 4.78 is 51.7. The maximum absolute atomic E-state index is 13.6. The summed E-state index contributed by atoms with van der Waals surface area (Å²) in [4.78, 5) is 12.6. The van der Waals surface area contributed by atoms with Crippen LogP contribution in [0.25, 0.3) is 11.3 Å². The summed E-state index contributed by atoms with van der Waals surface area (Å²) in [5, 5.41) is 9.73. The van der Waals surface area contributed by atoms with E-state index in [0.717, 1.165) is 30.7 Å². The number of hydrogen-bond acceptors (Lipinski definition) is 2. The molecule has 0 aliphatic rings.